The molecule has 0 aliphatic rings. The molecule has 0 radical (unpaired) electrons. The molecule has 19 heteroatoms. The van der Waals surface area contributed by atoms with E-state index in [9.17, 15) is 43.2 Å². The number of hydrogen-bond donors (Lipinski definition) is 3. The summed E-state index contributed by atoms with van der Waals surface area (Å²) in [5.41, 5.74) is 0. The third-order valence-electron chi connectivity index (χ3n) is 15.8. The number of aliphatic hydroxyl groups excluding tert-OH is 1. The molecule has 0 aliphatic heterocycles. The first-order valence-electron chi connectivity index (χ1n) is 39.1. The van der Waals surface area contributed by atoms with Crippen LogP contribution in [0.1, 0.15) is 297 Å². The lowest BCUT2D eigenvalue weighted by Gasteiger charge is -2.21. The fourth-order valence-corrected chi connectivity index (χ4v) is 11.4. The van der Waals surface area contributed by atoms with E-state index in [0.717, 1.165) is 180 Å². The van der Waals surface area contributed by atoms with E-state index in [1.165, 1.54) is 32.1 Å². The van der Waals surface area contributed by atoms with Gasteiger partial charge in [0.2, 0.25) is 0 Å². The summed E-state index contributed by atoms with van der Waals surface area (Å²) in [6.07, 6.45) is 84.2. The van der Waals surface area contributed by atoms with Gasteiger partial charge in [-0.05, 0) is 154 Å². The van der Waals surface area contributed by atoms with Crippen molar-refractivity contribution in [1.29, 1.82) is 0 Å². The lowest BCUT2D eigenvalue weighted by molar-refractivity contribution is -0.161. The molecule has 0 saturated carbocycles. The summed E-state index contributed by atoms with van der Waals surface area (Å²) in [6, 6.07) is 0. The van der Waals surface area contributed by atoms with E-state index < -0.39 is 97.5 Å². The van der Waals surface area contributed by atoms with Crippen LogP contribution < -0.4 is 0 Å². The summed E-state index contributed by atoms with van der Waals surface area (Å²) < 4.78 is 68.4. The molecule has 0 aromatic heterocycles. The van der Waals surface area contributed by atoms with Crippen molar-refractivity contribution in [2.75, 3.05) is 39.6 Å². The van der Waals surface area contributed by atoms with Gasteiger partial charge in [0, 0.05) is 25.7 Å². The number of ether oxygens (including phenoxy) is 4. The van der Waals surface area contributed by atoms with E-state index in [1.807, 2.05) is 12.2 Å². The number of aliphatic hydroxyl groups is 1. The Bertz CT molecular complexity index is 2510. The van der Waals surface area contributed by atoms with Crippen molar-refractivity contribution in [3.8, 4) is 0 Å². The second-order valence-corrected chi connectivity index (χ2v) is 28.4. The normalized spacial score (nSPS) is 14.7. The number of hydrogen-bond acceptors (Lipinski definition) is 15. The van der Waals surface area contributed by atoms with E-state index in [0.29, 0.717) is 32.1 Å². The molecule has 0 bridgehead atoms. The maximum absolute atomic E-state index is 13.1. The number of carbonyl (C=O) groups is 4. The zero-order valence-electron chi connectivity index (χ0n) is 63.5. The molecular formula is C83H138O17P2. The van der Waals surface area contributed by atoms with Crippen LogP contribution in [0.2, 0.25) is 0 Å². The summed E-state index contributed by atoms with van der Waals surface area (Å²) in [7, 11) is -9.99. The number of unbranched alkanes of at least 4 members (excludes halogenated alkanes) is 22. The van der Waals surface area contributed by atoms with Gasteiger partial charge in [-0.1, -0.05) is 263 Å². The van der Waals surface area contributed by atoms with Crippen LogP contribution in [0.5, 0.6) is 0 Å². The van der Waals surface area contributed by atoms with Gasteiger partial charge in [-0.3, -0.25) is 37.3 Å². The van der Waals surface area contributed by atoms with Gasteiger partial charge in [0.1, 0.15) is 19.3 Å². The number of esters is 4. The second kappa shape index (κ2) is 74.2. The third kappa shape index (κ3) is 73.3. The molecule has 0 rings (SSSR count). The molecule has 0 aromatic rings. The predicted molar refractivity (Wildman–Crippen MR) is 417 cm³/mol. The van der Waals surface area contributed by atoms with Crippen molar-refractivity contribution in [3.05, 3.63) is 146 Å². The molecule has 0 heterocycles. The van der Waals surface area contributed by atoms with Crippen molar-refractivity contribution < 1.29 is 80.2 Å². The number of carbonyl (C=O) groups excluding carboxylic acids is 4. The second-order valence-electron chi connectivity index (χ2n) is 25.5. The Hall–Kier alpha value is -5.06. The first-order valence-corrected chi connectivity index (χ1v) is 42.1. The van der Waals surface area contributed by atoms with Gasteiger partial charge in [-0.25, -0.2) is 9.13 Å². The monoisotopic (exact) mass is 1470 g/mol. The molecule has 5 unspecified atom stereocenters. The van der Waals surface area contributed by atoms with Crippen LogP contribution in [0.4, 0.5) is 0 Å². The molecule has 0 amide bonds. The van der Waals surface area contributed by atoms with Gasteiger partial charge in [-0.15, -0.1) is 0 Å². The van der Waals surface area contributed by atoms with Gasteiger partial charge in [0.05, 0.1) is 26.4 Å². The molecular weight excluding hydrogens is 1330 g/mol. The Balaban J connectivity index is 5.40. The minimum atomic E-state index is -4.99. The molecule has 0 aliphatic carbocycles. The molecule has 0 saturated heterocycles. The van der Waals surface area contributed by atoms with Crippen molar-refractivity contribution in [2.45, 2.75) is 316 Å². The van der Waals surface area contributed by atoms with E-state index in [4.69, 9.17) is 37.0 Å². The Kier molecular flexibility index (Phi) is 70.5. The molecule has 0 fully saturated rings. The van der Waals surface area contributed by atoms with Gasteiger partial charge >= 0.3 is 39.5 Å². The largest absolute Gasteiger partial charge is 0.472 e. The SMILES string of the molecule is CC/C=C\C/C=C\C/C=C\C/C=C\C/C=C\CCCC(=O)OCC(COP(=O)(O)OCC(O)COP(=O)(O)OCC(COC(=O)CCCCCCCC/C=C\C/C=C\C/C=C\CCCCC)OC(=O)CCCCCCC/C=C\C/C=C\C/C=C\CC)OC(=O)CCCCCCC/C=C\CCCC. The van der Waals surface area contributed by atoms with E-state index in [1.54, 1.807) is 0 Å². The van der Waals surface area contributed by atoms with Crippen LogP contribution in [0, 0.1) is 0 Å². The minimum absolute atomic E-state index is 0.0673. The average Bonchev–Trinajstić information content (AvgIpc) is 0.926. The molecule has 102 heavy (non-hydrogen) atoms. The van der Waals surface area contributed by atoms with Crippen molar-refractivity contribution >= 4 is 39.5 Å². The predicted octanol–water partition coefficient (Wildman–Crippen LogP) is 22.7. The maximum atomic E-state index is 13.1. The first-order chi connectivity index (χ1) is 49.7. The Labute approximate surface area is 617 Å². The van der Waals surface area contributed by atoms with E-state index >= 15 is 0 Å². The highest BCUT2D eigenvalue weighted by Gasteiger charge is 2.30. The molecule has 0 aromatic carbocycles. The lowest BCUT2D eigenvalue weighted by atomic mass is 10.1. The van der Waals surface area contributed by atoms with Crippen LogP contribution in [-0.4, -0.2) is 96.7 Å². The average molecular weight is 1470 g/mol. The number of rotatable bonds is 72. The zero-order chi connectivity index (χ0) is 74.6. The quantitative estimate of drug-likeness (QED) is 0.0169. The Morgan fingerprint density at radius 3 is 0.863 bits per heavy atom. The standard InChI is InChI=1S/C83H138O17P2/c1-5-9-13-17-21-25-29-32-35-37-38-40-43-45-49-52-56-60-64-68-81(86)94-74-79(100-83(88)70-66-62-58-54-50-46-41-34-31-27-23-19-15-11-7-3)76-98-102(91,92)96-72-77(84)71-95-101(89,90)97-75-78(99-82(87)69-65-61-57-53-47-28-24-20-16-12-8-4)73-93-80(85)67-63-59-55-51-48-44-42-39-36-33-30-26-22-18-14-10-6-2/h10-11,14-15,20-27,32-36,38,40-42,44,51,55,77-79,84H,5-9,12-13,16-19,28-31,37,39,43,45-50,52-54,56-76H2,1-4H3,(H,89,90)(H,91,92)/b14-10-,15-11-,24-20-,25-21-,26-22-,27-23-,35-32-,36-33-,40-38-,41-34-,44-42-,55-51-. The topological polar surface area (TPSA) is 237 Å². The summed E-state index contributed by atoms with van der Waals surface area (Å²) in [5.74, 6) is -2.29. The van der Waals surface area contributed by atoms with Gasteiger partial charge < -0.3 is 33.8 Å². The lowest BCUT2D eigenvalue weighted by Crippen LogP contribution is -2.30. The van der Waals surface area contributed by atoms with Gasteiger partial charge in [0.15, 0.2) is 12.2 Å². The van der Waals surface area contributed by atoms with Crippen LogP contribution in [0.25, 0.3) is 0 Å². The van der Waals surface area contributed by atoms with Gasteiger partial charge in [-0.2, -0.15) is 0 Å². The summed E-state index contributed by atoms with van der Waals surface area (Å²) in [4.78, 5) is 72.9. The van der Waals surface area contributed by atoms with Gasteiger partial charge in [0.25, 0.3) is 0 Å². The Morgan fingerprint density at radius 1 is 0.284 bits per heavy atom. The van der Waals surface area contributed by atoms with Crippen LogP contribution >= 0.6 is 15.6 Å². The van der Waals surface area contributed by atoms with Crippen molar-refractivity contribution in [3.63, 3.8) is 0 Å². The highest BCUT2D eigenvalue weighted by atomic mass is 31.2. The van der Waals surface area contributed by atoms with Crippen molar-refractivity contribution in [1.82, 2.24) is 0 Å². The van der Waals surface area contributed by atoms with Crippen LogP contribution in [0.15, 0.2) is 146 Å². The van der Waals surface area contributed by atoms with E-state index in [-0.39, 0.29) is 25.7 Å². The highest BCUT2D eigenvalue weighted by molar-refractivity contribution is 7.47. The smallest absolute Gasteiger partial charge is 0.462 e. The Morgan fingerprint density at radius 2 is 0.529 bits per heavy atom. The molecule has 5 atom stereocenters. The molecule has 17 nitrogen and oxygen atoms in total. The van der Waals surface area contributed by atoms with Crippen LogP contribution in [0.3, 0.4) is 0 Å². The van der Waals surface area contributed by atoms with Crippen molar-refractivity contribution in [2.24, 2.45) is 0 Å². The highest BCUT2D eigenvalue weighted by Crippen LogP contribution is 2.45. The molecule has 0 spiro atoms. The zero-order valence-corrected chi connectivity index (χ0v) is 65.3. The number of allylic oxidation sites excluding steroid dienone is 24. The molecule has 3 N–H and O–H groups in total. The van der Waals surface area contributed by atoms with Crippen LogP contribution in [-0.2, 0) is 65.4 Å². The number of phosphoric acid groups is 2. The third-order valence-corrected chi connectivity index (χ3v) is 17.7. The summed E-state index contributed by atoms with van der Waals surface area (Å²) in [6.45, 7) is 4.46. The summed E-state index contributed by atoms with van der Waals surface area (Å²) in [5, 5.41) is 10.6. The molecule has 582 valence electrons. The fourth-order valence-electron chi connectivity index (χ4n) is 9.85. The van der Waals surface area contributed by atoms with E-state index in [2.05, 4.69) is 161 Å². The maximum Gasteiger partial charge on any atom is 0.472 e. The minimum Gasteiger partial charge on any atom is -0.462 e. The first kappa shape index (κ1) is 96.9. The summed E-state index contributed by atoms with van der Waals surface area (Å²) >= 11 is 0. The fraction of sp³-hybridized carbons (Fsp3) is 0.663. The number of phosphoric ester groups is 2.